The summed E-state index contributed by atoms with van der Waals surface area (Å²) in [5, 5.41) is 1.91. The number of primary amides is 1. The highest BCUT2D eigenvalue weighted by Crippen LogP contribution is 2.27. The molecule has 5 N–H and O–H groups in total. The van der Waals surface area contributed by atoms with Gasteiger partial charge in [-0.1, -0.05) is 0 Å². The van der Waals surface area contributed by atoms with Gasteiger partial charge in [0.1, 0.15) is 11.5 Å². The number of benzene rings is 1. The van der Waals surface area contributed by atoms with E-state index >= 15 is 0 Å². The first-order chi connectivity index (χ1) is 8.43. The molecule has 0 saturated carbocycles. The second-order valence-electron chi connectivity index (χ2n) is 3.52. The van der Waals surface area contributed by atoms with E-state index in [1.165, 1.54) is 14.0 Å². The second kappa shape index (κ2) is 5.76. The molecule has 0 aliphatic rings. The van der Waals surface area contributed by atoms with Crippen LogP contribution < -0.4 is 26.3 Å². The Labute approximate surface area is 104 Å². The predicted molar refractivity (Wildman–Crippen MR) is 65.2 cm³/mol. The summed E-state index contributed by atoms with van der Waals surface area (Å²) in [4.78, 5) is 21.9. The number of methoxy groups -OCH3 is 1. The topological polar surface area (TPSA) is 117 Å². The van der Waals surface area contributed by atoms with Gasteiger partial charge in [-0.15, -0.1) is 0 Å². The number of urea groups is 1. The van der Waals surface area contributed by atoms with E-state index in [-0.39, 0.29) is 0 Å². The molecule has 1 atom stereocenters. The maximum atomic E-state index is 11.4. The molecule has 1 aromatic carbocycles. The third-order valence-electron chi connectivity index (χ3n) is 2.14. The number of nitrogens with one attached hydrogen (secondary N) is 1. The van der Waals surface area contributed by atoms with Crippen molar-refractivity contribution in [3.63, 3.8) is 0 Å². The summed E-state index contributed by atoms with van der Waals surface area (Å²) in [5.74, 6) is 0.188. The minimum Gasteiger partial charge on any atom is -0.497 e. The lowest BCUT2D eigenvalue weighted by Crippen LogP contribution is -2.42. The molecule has 0 heterocycles. The molecular weight excluding hydrogens is 238 g/mol. The molecule has 0 aliphatic heterocycles. The zero-order chi connectivity index (χ0) is 13.7. The predicted octanol–water partition coefficient (Wildman–Crippen LogP) is 0.240. The fourth-order valence-corrected chi connectivity index (χ4v) is 1.21. The zero-order valence-electron chi connectivity index (χ0n) is 10.1. The van der Waals surface area contributed by atoms with Crippen molar-refractivity contribution < 1.29 is 19.1 Å². The lowest BCUT2D eigenvalue weighted by atomic mass is 10.2. The van der Waals surface area contributed by atoms with Crippen molar-refractivity contribution in [3.05, 3.63) is 18.2 Å². The fourth-order valence-electron chi connectivity index (χ4n) is 1.21. The Kier molecular flexibility index (Phi) is 4.36. The lowest BCUT2D eigenvalue weighted by molar-refractivity contribution is -0.126. The highest BCUT2D eigenvalue weighted by atomic mass is 16.5. The Morgan fingerprint density at radius 3 is 2.61 bits per heavy atom. The summed E-state index contributed by atoms with van der Waals surface area (Å²) in [5.41, 5.74) is 10.9. The molecule has 7 heteroatoms. The molecule has 0 aromatic heterocycles. The van der Waals surface area contributed by atoms with Crippen LogP contribution >= 0.6 is 0 Å². The number of hydrogen-bond acceptors (Lipinski definition) is 5. The smallest absolute Gasteiger partial charge is 0.318 e. The van der Waals surface area contributed by atoms with E-state index in [1.54, 1.807) is 18.2 Å². The van der Waals surface area contributed by atoms with Crippen molar-refractivity contribution in [1.29, 1.82) is 0 Å². The van der Waals surface area contributed by atoms with Crippen LogP contribution in [0.15, 0.2) is 18.2 Å². The summed E-state index contributed by atoms with van der Waals surface area (Å²) in [6.07, 6.45) is -0.910. The quantitative estimate of drug-likeness (QED) is 0.664. The van der Waals surface area contributed by atoms with Crippen LogP contribution in [0.1, 0.15) is 6.92 Å². The van der Waals surface area contributed by atoms with Crippen molar-refractivity contribution in [1.82, 2.24) is 5.32 Å². The van der Waals surface area contributed by atoms with E-state index in [0.29, 0.717) is 17.2 Å². The van der Waals surface area contributed by atoms with Gasteiger partial charge in [-0.2, -0.15) is 0 Å². The third kappa shape index (κ3) is 3.55. The SMILES string of the molecule is COc1ccc(N)c(OC(C)C(=O)NC(N)=O)c1. The van der Waals surface area contributed by atoms with Crippen molar-refractivity contribution >= 4 is 17.6 Å². The Morgan fingerprint density at radius 2 is 2.06 bits per heavy atom. The van der Waals surface area contributed by atoms with Crippen LogP contribution in [-0.2, 0) is 4.79 Å². The zero-order valence-corrected chi connectivity index (χ0v) is 10.1. The summed E-state index contributed by atoms with van der Waals surface area (Å²) in [7, 11) is 1.50. The highest BCUT2D eigenvalue weighted by Gasteiger charge is 2.17. The summed E-state index contributed by atoms with van der Waals surface area (Å²) in [6, 6.07) is 3.86. The van der Waals surface area contributed by atoms with E-state index in [4.69, 9.17) is 20.9 Å². The van der Waals surface area contributed by atoms with Crippen LogP contribution in [-0.4, -0.2) is 25.2 Å². The van der Waals surface area contributed by atoms with Gasteiger partial charge in [-0.25, -0.2) is 4.79 Å². The number of hydrogen-bond donors (Lipinski definition) is 3. The molecule has 7 nitrogen and oxygen atoms in total. The van der Waals surface area contributed by atoms with E-state index in [0.717, 1.165) is 0 Å². The third-order valence-corrected chi connectivity index (χ3v) is 2.14. The van der Waals surface area contributed by atoms with E-state index in [1.807, 2.05) is 5.32 Å². The average molecular weight is 253 g/mol. The first-order valence-corrected chi connectivity index (χ1v) is 5.14. The van der Waals surface area contributed by atoms with Crippen LogP contribution in [0.4, 0.5) is 10.5 Å². The van der Waals surface area contributed by atoms with Gasteiger partial charge in [0, 0.05) is 6.07 Å². The number of nitrogens with two attached hydrogens (primary N) is 2. The molecule has 0 radical (unpaired) electrons. The standard InChI is InChI=1S/C11H15N3O4/c1-6(10(15)14-11(13)16)18-9-5-7(17-2)3-4-8(9)12/h3-6H,12H2,1-2H3,(H3,13,14,15,16). The van der Waals surface area contributed by atoms with Crippen LogP contribution in [0.25, 0.3) is 0 Å². The number of carbonyl (C=O) groups is 2. The lowest BCUT2D eigenvalue weighted by Gasteiger charge is -2.15. The number of ether oxygens (including phenoxy) is 2. The first kappa shape index (κ1) is 13.6. The van der Waals surface area contributed by atoms with E-state index in [9.17, 15) is 9.59 Å². The maximum Gasteiger partial charge on any atom is 0.318 e. The molecule has 1 rings (SSSR count). The molecule has 0 aliphatic carbocycles. The number of carbonyl (C=O) groups excluding carboxylic acids is 2. The molecule has 1 aromatic rings. The summed E-state index contributed by atoms with van der Waals surface area (Å²) in [6.45, 7) is 1.47. The van der Waals surface area contributed by atoms with Gasteiger partial charge < -0.3 is 20.9 Å². The largest absolute Gasteiger partial charge is 0.497 e. The van der Waals surface area contributed by atoms with Crippen molar-refractivity contribution in [2.75, 3.05) is 12.8 Å². The van der Waals surface area contributed by atoms with E-state index < -0.39 is 18.0 Å². The molecule has 98 valence electrons. The van der Waals surface area contributed by atoms with Gasteiger partial charge in [0.2, 0.25) is 0 Å². The van der Waals surface area contributed by atoms with Crippen LogP contribution in [0, 0.1) is 0 Å². The van der Waals surface area contributed by atoms with Gasteiger partial charge in [0.15, 0.2) is 6.10 Å². The summed E-state index contributed by atoms with van der Waals surface area (Å²) >= 11 is 0. The van der Waals surface area contributed by atoms with Gasteiger partial charge in [-0.05, 0) is 19.1 Å². The van der Waals surface area contributed by atoms with Gasteiger partial charge in [0.05, 0.1) is 12.8 Å². The van der Waals surface area contributed by atoms with Crippen LogP contribution in [0.3, 0.4) is 0 Å². The van der Waals surface area contributed by atoms with Gasteiger partial charge in [-0.3, -0.25) is 10.1 Å². The number of imide groups is 1. The van der Waals surface area contributed by atoms with E-state index in [2.05, 4.69) is 0 Å². The molecule has 0 spiro atoms. The monoisotopic (exact) mass is 253 g/mol. The minimum atomic E-state index is -0.936. The maximum absolute atomic E-state index is 11.4. The Balaban J connectivity index is 2.77. The molecular formula is C11H15N3O4. The normalized spacial score (nSPS) is 11.4. The van der Waals surface area contributed by atoms with Gasteiger partial charge >= 0.3 is 6.03 Å². The van der Waals surface area contributed by atoms with Crippen molar-refractivity contribution in [2.45, 2.75) is 13.0 Å². The molecule has 0 bridgehead atoms. The van der Waals surface area contributed by atoms with Crippen LogP contribution in [0.5, 0.6) is 11.5 Å². The molecule has 0 saturated heterocycles. The number of rotatable bonds is 4. The number of amides is 3. The minimum absolute atomic E-state index is 0.293. The Hall–Kier alpha value is -2.44. The number of anilines is 1. The number of nitrogen functional groups attached to an aromatic ring is 1. The van der Waals surface area contributed by atoms with Crippen molar-refractivity contribution in [2.24, 2.45) is 5.73 Å². The summed E-state index contributed by atoms with van der Waals surface area (Å²) < 4.78 is 10.3. The first-order valence-electron chi connectivity index (χ1n) is 5.14. The molecule has 3 amide bonds. The highest BCUT2D eigenvalue weighted by molar-refractivity contribution is 5.95. The Bertz CT molecular complexity index is 462. The molecule has 18 heavy (non-hydrogen) atoms. The van der Waals surface area contributed by atoms with Gasteiger partial charge in [0.25, 0.3) is 5.91 Å². The Morgan fingerprint density at radius 1 is 1.39 bits per heavy atom. The second-order valence-corrected chi connectivity index (χ2v) is 3.52. The molecule has 0 fully saturated rings. The fraction of sp³-hybridized carbons (Fsp3) is 0.273. The molecule has 1 unspecified atom stereocenters. The average Bonchev–Trinajstić information content (AvgIpc) is 2.31. The van der Waals surface area contributed by atoms with Crippen molar-refractivity contribution in [3.8, 4) is 11.5 Å². The van der Waals surface area contributed by atoms with Crippen LogP contribution in [0.2, 0.25) is 0 Å².